The lowest BCUT2D eigenvalue weighted by Gasteiger charge is -2.06. The molecule has 2 aromatic rings. The molecule has 0 fully saturated rings. The summed E-state index contributed by atoms with van der Waals surface area (Å²) in [4.78, 5) is 4.09. The number of rotatable bonds is 6. The molecule has 0 bridgehead atoms. The van der Waals surface area contributed by atoms with Gasteiger partial charge >= 0.3 is 0 Å². The molecule has 3 heteroatoms. The van der Waals surface area contributed by atoms with Crippen molar-refractivity contribution in [3.05, 3.63) is 59.9 Å². The molecule has 2 rings (SSSR count). The molecule has 1 aromatic heterocycles. The molecule has 0 atom stereocenters. The van der Waals surface area contributed by atoms with Crippen LogP contribution in [0.3, 0.4) is 0 Å². The van der Waals surface area contributed by atoms with E-state index in [0.717, 1.165) is 18.8 Å². The van der Waals surface area contributed by atoms with Crippen LogP contribution >= 0.6 is 0 Å². The minimum absolute atomic E-state index is 0.440. The topological polar surface area (TPSA) is 34.1 Å². The summed E-state index contributed by atoms with van der Waals surface area (Å²) in [7, 11) is 0. The number of nitrogens with zero attached hydrogens (tertiary/aromatic N) is 1. The highest BCUT2D eigenvalue weighted by atomic mass is 16.5. The molecule has 0 aliphatic carbocycles. The number of hydrogen-bond acceptors (Lipinski definition) is 3. The Kier molecular flexibility index (Phi) is 5.63. The summed E-state index contributed by atoms with van der Waals surface area (Å²) in [5.41, 5.74) is 2.41. The number of nitrogens with one attached hydrogen (secondary N) is 1. The Bertz CT molecular complexity index is 567. The van der Waals surface area contributed by atoms with Gasteiger partial charge < -0.3 is 10.1 Å². The lowest BCUT2D eigenvalue weighted by molar-refractivity contribution is 0.370. The highest BCUT2D eigenvalue weighted by molar-refractivity contribution is 5.27. The number of ether oxygens (including phenoxy) is 1. The maximum absolute atomic E-state index is 5.47. The zero-order valence-corrected chi connectivity index (χ0v) is 11.6. The molecule has 3 nitrogen and oxygen atoms in total. The third-order valence-corrected chi connectivity index (χ3v) is 2.79. The van der Waals surface area contributed by atoms with Crippen LogP contribution in [0, 0.1) is 11.8 Å². The highest BCUT2D eigenvalue weighted by Crippen LogP contribution is 2.12. The Labute approximate surface area is 120 Å². The molecule has 0 aliphatic rings. The van der Waals surface area contributed by atoms with Crippen molar-refractivity contribution in [2.45, 2.75) is 20.0 Å². The Morgan fingerprint density at radius 3 is 2.60 bits per heavy atom. The SMILES string of the molecule is CC#CCOc1ccc(CNCc2cccnc2)cc1. The summed E-state index contributed by atoms with van der Waals surface area (Å²) in [6.45, 7) is 3.89. The summed E-state index contributed by atoms with van der Waals surface area (Å²) in [6.07, 6.45) is 3.66. The molecule has 1 N–H and O–H groups in total. The summed E-state index contributed by atoms with van der Waals surface area (Å²) >= 11 is 0. The van der Waals surface area contributed by atoms with Gasteiger partial charge in [0.2, 0.25) is 0 Å². The normalized spacial score (nSPS) is 9.65. The van der Waals surface area contributed by atoms with Gasteiger partial charge in [0.15, 0.2) is 0 Å². The van der Waals surface area contributed by atoms with Gasteiger partial charge in [0.05, 0.1) is 0 Å². The zero-order chi connectivity index (χ0) is 14.0. The third-order valence-electron chi connectivity index (χ3n) is 2.79. The van der Waals surface area contributed by atoms with Gasteiger partial charge in [-0.2, -0.15) is 0 Å². The van der Waals surface area contributed by atoms with Gasteiger partial charge in [-0.15, -0.1) is 5.92 Å². The molecule has 20 heavy (non-hydrogen) atoms. The average molecular weight is 266 g/mol. The monoisotopic (exact) mass is 266 g/mol. The van der Waals surface area contributed by atoms with Gasteiger partial charge in [0.1, 0.15) is 12.4 Å². The lowest BCUT2D eigenvalue weighted by Crippen LogP contribution is -2.12. The molecule has 0 radical (unpaired) electrons. The van der Waals surface area contributed by atoms with E-state index in [-0.39, 0.29) is 0 Å². The molecular weight excluding hydrogens is 248 g/mol. The van der Waals surface area contributed by atoms with Gasteiger partial charge in [0, 0.05) is 25.5 Å². The first kappa shape index (κ1) is 14.1. The fourth-order valence-corrected chi connectivity index (χ4v) is 1.75. The van der Waals surface area contributed by atoms with E-state index in [1.807, 2.05) is 24.4 Å². The Morgan fingerprint density at radius 2 is 1.90 bits per heavy atom. The van der Waals surface area contributed by atoms with E-state index in [1.165, 1.54) is 11.1 Å². The standard InChI is InChI=1S/C17H18N2O/c1-2-3-11-20-17-8-6-15(7-9-17)12-19-14-16-5-4-10-18-13-16/h4-10,13,19H,11-12,14H2,1H3. The molecule has 102 valence electrons. The molecule has 0 saturated carbocycles. The highest BCUT2D eigenvalue weighted by Gasteiger charge is 1.96. The Hall–Kier alpha value is -2.31. The first-order valence-corrected chi connectivity index (χ1v) is 6.59. The Balaban J connectivity index is 1.77. The van der Waals surface area contributed by atoms with Gasteiger partial charge in [-0.1, -0.05) is 24.1 Å². The number of aromatic nitrogens is 1. The number of hydrogen-bond donors (Lipinski definition) is 1. The van der Waals surface area contributed by atoms with E-state index < -0.39 is 0 Å². The molecule has 0 aliphatic heterocycles. The second kappa shape index (κ2) is 7.98. The van der Waals surface area contributed by atoms with Crippen LogP contribution in [0.4, 0.5) is 0 Å². The smallest absolute Gasteiger partial charge is 0.149 e. The average Bonchev–Trinajstić information content (AvgIpc) is 2.50. The first-order chi connectivity index (χ1) is 9.88. The van der Waals surface area contributed by atoms with Crippen molar-refractivity contribution in [1.29, 1.82) is 0 Å². The van der Waals surface area contributed by atoms with E-state index in [4.69, 9.17) is 4.74 Å². The molecule has 0 unspecified atom stereocenters. The van der Waals surface area contributed by atoms with Crippen LogP contribution in [-0.2, 0) is 13.1 Å². The first-order valence-electron chi connectivity index (χ1n) is 6.59. The molecule has 1 heterocycles. The van der Waals surface area contributed by atoms with E-state index >= 15 is 0 Å². The maximum Gasteiger partial charge on any atom is 0.149 e. The van der Waals surface area contributed by atoms with E-state index in [0.29, 0.717) is 6.61 Å². The van der Waals surface area contributed by atoms with Gasteiger partial charge in [0.25, 0.3) is 0 Å². The van der Waals surface area contributed by atoms with Crippen LogP contribution in [0.1, 0.15) is 18.1 Å². The second-order valence-electron chi connectivity index (χ2n) is 4.32. The summed E-state index contributed by atoms with van der Waals surface area (Å²) in [5, 5.41) is 3.39. The zero-order valence-electron chi connectivity index (χ0n) is 11.6. The predicted octanol–water partition coefficient (Wildman–Crippen LogP) is 2.77. The summed E-state index contributed by atoms with van der Waals surface area (Å²) in [5.74, 6) is 6.53. The molecule has 0 amide bonds. The van der Waals surface area contributed by atoms with Crippen molar-refractivity contribution in [3.8, 4) is 17.6 Å². The molecule has 0 saturated heterocycles. The van der Waals surface area contributed by atoms with Crippen molar-refractivity contribution in [3.63, 3.8) is 0 Å². The predicted molar refractivity (Wildman–Crippen MR) is 80.2 cm³/mol. The van der Waals surface area contributed by atoms with E-state index in [1.54, 1.807) is 13.1 Å². The summed E-state index contributed by atoms with van der Waals surface area (Å²) in [6, 6.07) is 12.1. The van der Waals surface area contributed by atoms with Crippen LogP contribution < -0.4 is 10.1 Å². The molecule has 0 spiro atoms. The minimum Gasteiger partial charge on any atom is -0.481 e. The van der Waals surface area contributed by atoms with E-state index in [2.05, 4.69) is 40.3 Å². The third kappa shape index (κ3) is 4.75. The molecule has 1 aromatic carbocycles. The number of benzene rings is 1. The number of pyridine rings is 1. The van der Waals surface area contributed by atoms with Gasteiger partial charge in [-0.05, 0) is 36.2 Å². The van der Waals surface area contributed by atoms with Crippen molar-refractivity contribution < 1.29 is 4.74 Å². The quantitative estimate of drug-likeness (QED) is 0.816. The van der Waals surface area contributed by atoms with Crippen molar-refractivity contribution in [2.24, 2.45) is 0 Å². The fraction of sp³-hybridized carbons (Fsp3) is 0.235. The van der Waals surface area contributed by atoms with Crippen molar-refractivity contribution >= 4 is 0 Å². The lowest BCUT2D eigenvalue weighted by atomic mass is 10.2. The minimum atomic E-state index is 0.440. The van der Waals surface area contributed by atoms with Crippen molar-refractivity contribution in [2.75, 3.05) is 6.61 Å². The van der Waals surface area contributed by atoms with Crippen molar-refractivity contribution in [1.82, 2.24) is 10.3 Å². The van der Waals surface area contributed by atoms with E-state index in [9.17, 15) is 0 Å². The maximum atomic E-state index is 5.47. The fourth-order valence-electron chi connectivity index (χ4n) is 1.75. The Morgan fingerprint density at radius 1 is 1.10 bits per heavy atom. The van der Waals surface area contributed by atoms with Crippen LogP contribution in [0.2, 0.25) is 0 Å². The van der Waals surface area contributed by atoms with Crippen LogP contribution in [0.25, 0.3) is 0 Å². The van der Waals surface area contributed by atoms with Crippen LogP contribution in [0.5, 0.6) is 5.75 Å². The van der Waals surface area contributed by atoms with Gasteiger partial charge in [-0.25, -0.2) is 0 Å². The molecular formula is C17H18N2O. The largest absolute Gasteiger partial charge is 0.481 e. The summed E-state index contributed by atoms with van der Waals surface area (Å²) < 4.78 is 5.47. The van der Waals surface area contributed by atoms with Crippen LogP contribution in [-0.4, -0.2) is 11.6 Å². The van der Waals surface area contributed by atoms with Crippen LogP contribution in [0.15, 0.2) is 48.8 Å². The second-order valence-corrected chi connectivity index (χ2v) is 4.32. The van der Waals surface area contributed by atoms with Gasteiger partial charge in [-0.3, -0.25) is 4.98 Å².